The second-order valence-electron chi connectivity index (χ2n) is 7.95. The van der Waals surface area contributed by atoms with Gasteiger partial charge >= 0.3 is 0 Å². The predicted molar refractivity (Wildman–Crippen MR) is 78.2 cm³/mol. The summed E-state index contributed by atoms with van der Waals surface area (Å²) in [5, 5.41) is 3.28. The molecule has 0 heterocycles. The number of Topliss-reactive ketones (excluding diaryl/α,β-unsaturated/α-hetero) is 1. The first-order valence-corrected chi connectivity index (χ1v) is 8.18. The molecule has 3 fully saturated rings. The summed E-state index contributed by atoms with van der Waals surface area (Å²) >= 11 is 0. The van der Waals surface area contributed by atoms with Crippen LogP contribution < -0.4 is 5.32 Å². The van der Waals surface area contributed by atoms with Crippen LogP contribution in [0.15, 0.2) is 0 Å². The molecule has 0 spiro atoms. The summed E-state index contributed by atoms with van der Waals surface area (Å²) in [5.74, 6) is 0.455. The zero-order valence-electron chi connectivity index (χ0n) is 13.1. The van der Waals surface area contributed by atoms with Crippen LogP contribution >= 0.6 is 0 Å². The summed E-state index contributed by atoms with van der Waals surface area (Å²) in [6.07, 6.45) is 8.14. The molecular weight excluding hydrogens is 250 g/mol. The van der Waals surface area contributed by atoms with Crippen LogP contribution in [0.3, 0.4) is 0 Å². The Kier molecular flexibility index (Phi) is 3.04. The Morgan fingerprint density at radius 3 is 2.25 bits per heavy atom. The van der Waals surface area contributed by atoms with Gasteiger partial charge in [0.25, 0.3) is 0 Å². The van der Waals surface area contributed by atoms with Gasteiger partial charge in [0, 0.05) is 17.9 Å². The van der Waals surface area contributed by atoms with Crippen molar-refractivity contribution in [2.75, 3.05) is 0 Å². The normalized spacial score (nSPS) is 40.0. The number of hydrogen-bond donors (Lipinski definition) is 1. The van der Waals surface area contributed by atoms with Crippen LogP contribution in [0.2, 0.25) is 0 Å². The van der Waals surface area contributed by atoms with Crippen LogP contribution in [0.4, 0.5) is 0 Å². The van der Waals surface area contributed by atoms with Gasteiger partial charge in [-0.15, -0.1) is 0 Å². The minimum Gasteiger partial charge on any atom is -0.353 e. The van der Waals surface area contributed by atoms with Crippen molar-refractivity contribution in [1.82, 2.24) is 5.32 Å². The van der Waals surface area contributed by atoms with E-state index in [-0.39, 0.29) is 16.7 Å². The van der Waals surface area contributed by atoms with Crippen molar-refractivity contribution in [2.45, 2.75) is 78.2 Å². The number of carbonyl (C=O) groups excluding carboxylic acids is 2. The first kappa shape index (κ1) is 14.1. The molecule has 3 heteroatoms. The molecule has 1 N–H and O–H groups in total. The molecular formula is C17H27NO2. The van der Waals surface area contributed by atoms with Crippen molar-refractivity contribution in [2.24, 2.45) is 16.2 Å². The summed E-state index contributed by atoms with van der Waals surface area (Å²) in [5.41, 5.74) is -0.955. The van der Waals surface area contributed by atoms with Crippen molar-refractivity contribution in [3.63, 3.8) is 0 Å². The molecule has 112 valence electrons. The maximum Gasteiger partial charge on any atom is 0.227 e. The molecule has 0 aliphatic heterocycles. The first-order chi connectivity index (χ1) is 9.33. The van der Waals surface area contributed by atoms with Crippen molar-refractivity contribution in [3.05, 3.63) is 0 Å². The molecule has 2 bridgehead atoms. The van der Waals surface area contributed by atoms with Gasteiger partial charge in [0.15, 0.2) is 0 Å². The average Bonchev–Trinajstić information content (AvgIpc) is 2.70. The predicted octanol–water partition coefficient (Wildman–Crippen LogP) is 3.22. The lowest BCUT2D eigenvalue weighted by molar-refractivity contribution is -0.137. The van der Waals surface area contributed by atoms with E-state index < -0.39 is 5.41 Å². The van der Waals surface area contributed by atoms with E-state index in [0.29, 0.717) is 18.2 Å². The largest absolute Gasteiger partial charge is 0.353 e. The van der Waals surface area contributed by atoms with Gasteiger partial charge in [-0.2, -0.15) is 0 Å². The van der Waals surface area contributed by atoms with E-state index in [9.17, 15) is 9.59 Å². The van der Waals surface area contributed by atoms with Gasteiger partial charge in [-0.3, -0.25) is 9.59 Å². The monoisotopic (exact) mass is 277 g/mol. The third-order valence-corrected chi connectivity index (χ3v) is 7.08. The lowest BCUT2D eigenvalue weighted by Gasteiger charge is -2.39. The highest BCUT2D eigenvalue weighted by Crippen LogP contribution is 2.70. The summed E-state index contributed by atoms with van der Waals surface area (Å²) < 4.78 is 0. The quantitative estimate of drug-likeness (QED) is 0.842. The highest BCUT2D eigenvalue weighted by atomic mass is 16.2. The van der Waals surface area contributed by atoms with Gasteiger partial charge in [0.05, 0.1) is 5.41 Å². The third-order valence-electron chi connectivity index (χ3n) is 7.08. The Labute approximate surface area is 121 Å². The smallest absolute Gasteiger partial charge is 0.227 e. The van der Waals surface area contributed by atoms with E-state index in [1.54, 1.807) is 0 Å². The topological polar surface area (TPSA) is 46.2 Å². The van der Waals surface area contributed by atoms with E-state index in [4.69, 9.17) is 0 Å². The van der Waals surface area contributed by atoms with Crippen molar-refractivity contribution >= 4 is 11.7 Å². The molecule has 0 saturated heterocycles. The number of rotatable bonds is 2. The molecule has 2 atom stereocenters. The molecule has 0 aromatic carbocycles. The van der Waals surface area contributed by atoms with Gasteiger partial charge in [-0.25, -0.2) is 0 Å². The fourth-order valence-electron chi connectivity index (χ4n) is 4.93. The van der Waals surface area contributed by atoms with Crippen LogP contribution in [0.5, 0.6) is 0 Å². The number of nitrogens with one attached hydrogen (secondary N) is 1. The van der Waals surface area contributed by atoms with Crippen LogP contribution in [0.25, 0.3) is 0 Å². The molecule has 0 unspecified atom stereocenters. The molecule has 3 rings (SSSR count). The van der Waals surface area contributed by atoms with Gasteiger partial charge < -0.3 is 5.32 Å². The van der Waals surface area contributed by atoms with Crippen molar-refractivity contribution in [3.8, 4) is 0 Å². The molecule has 3 aliphatic rings. The van der Waals surface area contributed by atoms with Crippen molar-refractivity contribution < 1.29 is 9.59 Å². The van der Waals surface area contributed by atoms with Crippen LogP contribution in [0.1, 0.15) is 72.1 Å². The Balaban J connectivity index is 1.82. The minimum absolute atomic E-state index is 0.156. The second kappa shape index (κ2) is 4.32. The molecule has 3 aliphatic carbocycles. The summed E-state index contributed by atoms with van der Waals surface area (Å²) in [4.78, 5) is 25.3. The molecule has 1 amide bonds. The summed E-state index contributed by atoms with van der Waals surface area (Å²) in [6.45, 7) is 6.33. The van der Waals surface area contributed by atoms with E-state index >= 15 is 0 Å². The average molecular weight is 277 g/mol. The van der Waals surface area contributed by atoms with Crippen LogP contribution in [-0.4, -0.2) is 17.7 Å². The van der Waals surface area contributed by atoms with Crippen LogP contribution in [0, 0.1) is 16.2 Å². The maximum absolute atomic E-state index is 12.9. The first-order valence-electron chi connectivity index (χ1n) is 8.18. The molecule has 20 heavy (non-hydrogen) atoms. The lowest BCUT2D eigenvalue weighted by Crippen LogP contribution is -2.50. The number of ketones is 1. The van der Waals surface area contributed by atoms with Gasteiger partial charge in [0.2, 0.25) is 5.91 Å². The Morgan fingerprint density at radius 1 is 1.10 bits per heavy atom. The molecule has 0 aromatic heterocycles. The molecule has 3 saturated carbocycles. The zero-order valence-corrected chi connectivity index (χ0v) is 13.1. The number of hydrogen-bond acceptors (Lipinski definition) is 2. The van der Waals surface area contributed by atoms with Crippen molar-refractivity contribution in [1.29, 1.82) is 0 Å². The van der Waals surface area contributed by atoms with E-state index in [2.05, 4.69) is 26.1 Å². The highest BCUT2D eigenvalue weighted by molar-refractivity contribution is 5.99. The van der Waals surface area contributed by atoms with E-state index in [0.717, 1.165) is 25.7 Å². The Hall–Kier alpha value is -0.860. The van der Waals surface area contributed by atoms with Gasteiger partial charge in [0.1, 0.15) is 5.78 Å². The minimum atomic E-state index is -0.448. The molecule has 0 radical (unpaired) electrons. The number of carbonyl (C=O) groups is 2. The van der Waals surface area contributed by atoms with E-state index in [1.165, 1.54) is 19.3 Å². The fraction of sp³-hybridized carbons (Fsp3) is 0.882. The standard InChI is InChI=1S/C17H27NO2/c1-15(2)16(3)9-10-17(15,11-13(16)19)14(20)18-12-7-5-4-6-8-12/h12H,4-11H2,1-3H3,(H,18,20)/t16-,17-/m0/s1. The van der Waals surface area contributed by atoms with Gasteiger partial charge in [-0.05, 0) is 31.1 Å². The number of fused-ring (bicyclic) bond motifs is 2. The zero-order chi connectivity index (χ0) is 14.6. The summed E-state index contributed by atoms with van der Waals surface area (Å²) in [6, 6.07) is 0.337. The molecule has 3 nitrogen and oxygen atoms in total. The highest BCUT2D eigenvalue weighted by Gasteiger charge is 2.72. The lowest BCUT2D eigenvalue weighted by atomic mass is 9.64. The van der Waals surface area contributed by atoms with Crippen LogP contribution in [-0.2, 0) is 9.59 Å². The van der Waals surface area contributed by atoms with Gasteiger partial charge in [-0.1, -0.05) is 40.0 Å². The SMILES string of the molecule is CC1(C)[C@@]2(C(=O)NC3CCCCC3)CC[C@@]1(C)C(=O)C2. The maximum atomic E-state index is 12.9. The fourth-order valence-corrected chi connectivity index (χ4v) is 4.93. The Morgan fingerprint density at radius 2 is 1.75 bits per heavy atom. The third kappa shape index (κ3) is 1.58. The summed E-state index contributed by atoms with van der Waals surface area (Å²) in [7, 11) is 0. The number of amides is 1. The second-order valence-corrected chi connectivity index (χ2v) is 7.95. The molecule has 0 aromatic rings. The van der Waals surface area contributed by atoms with E-state index in [1.807, 2.05) is 0 Å². The Bertz CT molecular complexity index is 450.